The molecule has 0 amide bonds. The van der Waals surface area contributed by atoms with Gasteiger partial charge >= 0.3 is 25.7 Å². The molecular formula is C69H125O24P. The van der Waals surface area contributed by atoms with Crippen LogP contribution in [0, 0.1) is 0 Å². The molecular weight excluding hydrogens is 1240 g/mol. The number of phosphoric ester groups is 1. The third-order valence-corrected chi connectivity index (χ3v) is 18.7. The summed E-state index contributed by atoms with van der Waals surface area (Å²) < 4.78 is 64.8. The van der Waals surface area contributed by atoms with E-state index in [4.69, 9.17) is 42.2 Å². The molecule has 0 spiro atoms. The van der Waals surface area contributed by atoms with Crippen LogP contribution >= 0.6 is 7.82 Å². The van der Waals surface area contributed by atoms with E-state index in [2.05, 4.69) is 45.1 Å². The van der Waals surface area contributed by atoms with Crippen molar-refractivity contribution in [3.05, 3.63) is 24.3 Å². The van der Waals surface area contributed by atoms with Crippen molar-refractivity contribution in [1.29, 1.82) is 0 Å². The van der Waals surface area contributed by atoms with Crippen LogP contribution in [-0.2, 0) is 61.2 Å². The summed E-state index contributed by atoms with van der Waals surface area (Å²) in [6.45, 7) is 3.38. The Kier molecular flexibility index (Phi) is 47.0. The molecule has 1 aliphatic carbocycles. The number of carbonyl (C=O) groups excluding carboxylic acids is 3. The van der Waals surface area contributed by atoms with E-state index < -0.39 is 156 Å². The molecule has 2 aliphatic heterocycles. The number of phosphoric acid groups is 1. The van der Waals surface area contributed by atoms with Gasteiger partial charge in [0.25, 0.3) is 0 Å². The second-order valence-corrected chi connectivity index (χ2v) is 27.4. The average molecular weight is 1370 g/mol. The third-order valence-electron chi connectivity index (χ3n) is 17.7. The van der Waals surface area contributed by atoms with Gasteiger partial charge < -0.3 is 89.1 Å². The molecule has 1 saturated carbocycles. The number of rotatable bonds is 55. The number of carbonyl (C=O) groups is 3. The number of allylic oxidation sites excluding steroid dienone is 4. The highest BCUT2D eigenvalue weighted by molar-refractivity contribution is 7.47. The Morgan fingerprint density at radius 2 is 0.745 bits per heavy atom. The molecule has 0 radical (unpaired) electrons. The summed E-state index contributed by atoms with van der Waals surface area (Å²) >= 11 is 0. The Bertz CT molecular complexity index is 2050. The highest BCUT2D eigenvalue weighted by Crippen LogP contribution is 2.49. The zero-order valence-corrected chi connectivity index (χ0v) is 57.9. The molecule has 3 rings (SSSR count). The van der Waals surface area contributed by atoms with E-state index in [0.29, 0.717) is 19.3 Å². The maximum absolute atomic E-state index is 14.3. The molecule has 3 fully saturated rings. The summed E-state index contributed by atoms with van der Waals surface area (Å²) in [5.74, 6) is -2.02. The van der Waals surface area contributed by atoms with Crippen LogP contribution in [0.2, 0.25) is 0 Å². The molecule has 11 N–H and O–H groups in total. The summed E-state index contributed by atoms with van der Waals surface area (Å²) in [5, 5.41) is 110. The summed E-state index contributed by atoms with van der Waals surface area (Å²) in [4.78, 5) is 50.8. The van der Waals surface area contributed by atoms with Gasteiger partial charge in [0.1, 0.15) is 98.7 Å². The van der Waals surface area contributed by atoms with Gasteiger partial charge in [-0.3, -0.25) is 23.4 Å². The first-order valence-corrected chi connectivity index (χ1v) is 37.6. The highest BCUT2D eigenvalue weighted by atomic mass is 31.2. The average Bonchev–Trinajstić information content (AvgIpc) is 0.766. The topological polar surface area (TPSA) is 374 Å². The van der Waals surface area contributed by atoms with Crippen LogP contribution < -0.4 is 0 Å². The SMILES string of the molecule is CCCCCCCC/C=C\CCCCCC(=O)OCC1OC(OC2C(O)C(O)C(O)C(OC3OC(CO)C(O)C(O)C3O)C2OP(=O)(O)OCC(COC(=O)CCCCC/C=C\CCCCCCCCC)OC(=O)CCCCCCCCCCCCCC)C(O)C(O)C1O. The van der Waals surface area contributed by atoms with Crippen molar-refractivity contribution in [1.82, 2.24) is 0 Å². The van der Waals surface area contributed by atoms with Crippen molar-refractivity contribution < 1.29 is 117 Å². The quantitative estimate of drug-likeness (QED) is 0.00889. The van der Waals surface area contributed by atoms with Gasteiger partial charge in [-0.05, 0) is 70.6 Å². The minimum atomic E-state index is -5.69. The molecule has 2 heterocycles. The van der Waals surface area contributed by atoms with Crippen molar-refractivity contribution in [3.63, 3.8) is 0 Å². The van der Waals surface area contributed by atoms with Crippen LogP contribution in [0.1, 0.15) is 265 Å². The molecule has 0 aromatic carbocycles. The van der Waals surface area contributed by atoms with Crippen LogP contribution in [0.15, 0.2) is 24.3 Å². The minimum Gasteiger partial charge on any atom is -0.463 e. The number of esters is 3. The molecule has 0 aromatic heterocycles. The van der Waals surface area contributed by atoms with Crippen LogP contribution in [0.4, 0.5) is 0 Å². The summed E-state index contributed by atoms with van der Waals surface area (Å²) in [5.41, 5.74) is 0. The van der Waals surface area contributed by atoms with Gasteiger partial charge in [-0.15, -0.1) is 0 Å². The molecule has 18 atom stereocenters. The number of ether oxygens (including phenoxy) is 7. The normalized spacial score (nSPS) is 28.4. The number of aliphatic hydroxyl groups excluding tert-OH is 10. The summed E-state index contributed by atoms with van der Waals surface area (Å²) in [7, 11) is -5.69. The number of hydrogen-bond acceptors (Lipinski definition) is 23. The fourth-order valence-corrected chi connectivity index (χ4v) is 12.7. The third kappa shape index (κ3) is 35.0. The van der Waals surface area contributed by atoms with E-state index in [1.807, 2.05) is 0 Å². The number of aliphatic hydroxyl groups is 10. The maximum Gasteiger partial charge on any atom is 0.472 e. The van der Waals surface area contributed by atoms with Gasteiger partial charge in [0.15, 0.2) is 18.7 Å². The lowest BCUT2D eigenvalue weighted by atomic mass is 9.84. The van der Waals surface area contributed by atoms with Gasteiger partial charge in [-0.25, -0.2) is 4.57 Å². The molecule has 550 valence electrons. The first-order valence-electron chi connectivity index (χ1n) is 36.1. The number of unbranched alkanes of at least 4 members (excludes halogenated alkanes) is 30. The van der Waals surface area contributed by atoms with Crippen LogP contribution in [0.5, 0.6) is 0 Å². The van der Waals surface area contributed by atoms with Crippen molar-refractivity contribution in [3.8, 4) is 0 Å². The fourth-order valence-electron chi connectivity index (χ4n) is 11.7. The monoisotopic (exact) mass is 1370 g/mol. The number of hydrogen-bond donors (Lipinski definition) is 11. The van der Waals surface area contributed by atoms with E-state index in [1.165, 1.54) is 109 Å². The standard InChI is InChI=1S/C69H125O24P/c1-4-7-10-13-16-19-22-25-27-30-31-34-37-40-43-53(71)85-47-50(88-55(73)45-42-39-36-33-28-24-21-18-15-12-9-6-3)48-87-94(83,84)93-67-65(91-68-63(81)58(76)56(74)51(46-70)89-68)61(79)60(78)62(80)66(67)92-69-64(82)59(77)57(75)52(90-69)49-86-54(72)44-41-38-35-32-29-26-23-20-17-14-11-8-5-2/h26-27,29-30,50-52,56-70,74-82H,4-25,28,31-49H2,1-3H3,(H,83,84)/b29-26-,30-27-. The zero-order valence-electron chi connectivity index (χ0n) is 57.0. The first-order chi connectivity index (χ1) is 45.3. The van der Waals surface area contributed by atoms with E-state index in [0.717, 1.165) is 96.3 Å². The van der Waals surface area contributed by atoms with Gasteiger partial charge in [0.2, 0.25) is 0 Å². The second-order valence-electron chi connectivity index (χ2n) is 25.9. The molecule has 25 heteroatoms. The Morgan fingerprint density at radius 1 is 0.404 bits per heavy atom. The highest BCUT2D eigenvalue weighted by Gasteiger charge is 2.58. The van der Waals surface area contributed by atoms with Gasteiger partial charge in [0.05, 0.1) is 13.2 Å². The van der Waals surface area contributed by atoms with Gasteiger partial charge in [-0.2, -0.15) is 0 Å². The van der Waals surface area contributed by atoms with E-state index in [1.54, 1.807) is 0 Å². The van der Waals surface area contributed by atoms with Crippen molar-refractivity contribution in [2.24, 2.45) is 0 Å². The first kappa shape index (κ1) is 85.7. The predicted octanol–water partition coefficient (Wildman–Crippen LogP) is 8.96. The molecule has 0 aromatic rings. The van der Waals surface area contributed by atoms with Gasteiger partial charge in [-0.1, -0.05) is 199 Å². The summed E-state index contributed by atoms with van der Waals surface area (Å²) in [6.07, 6.45) is 9.88. The Balaban J connectivity index is 1.76. The maximum atomic E-state index is 14.3. The molecule has 94 heavy (non-hydrogen) atoms. The predicted molar refractivity (Wildman–Crippen MR) is 351 cm³/mol. The lowest BCUT2D eigenvalue weighted by Gasteiger charge is -2.49. The van der Waals surface area contributed by atoms with Crippen LogP contribution in [0.3, 0.4) is 0 Å². The molecule has 2 saturated heterocycles. The lowest BCUT2D eigenvalue weighted by molar-refractivity contribution is -0.360. The Morgan fingerprint density at radius 3 is 1.16 bits per heavy atom. The minimum absolute atomic E-state index is 0.00764. The van der Waals surface area contributed by atoms with E-state index in [9.17, 15) is 74.9 Å². The van der Waals surface area contributed by atoms with E-state index >= 15 is 0 Å². The molecule has 3 aliphatic rings. The van der Waals surface area contributed by atoms with Gasteiger partial charge in [0, 0.05) is 19.3 Å². The fraction of sp³-hybridized carbons (Fsp3) is 0.899. The molecule has 18 unspecified atom stereocenters. The molecule has 0 bridgehead atoms. The second kappa shape index (κ2) is 51.6. The summed E-state index contributed by atoms with van der Waals surface area (Å²) in [6, 6.07) is 0. The zero-order chi connectivity index (χ0) is 68.9. The Labute approximate surface area is 560 Å². The van der Waals surface area contributed by atoms with Crippen LogP contribution in [-0.4, -0.2) is 204 Å². The van der Waals surface area contributed by atoms with Crippen molar-refractivity contribution in [2.45, 2.75) is 369 Å². The van der Waals surface area contributed by atoms with E-state index in [-0.39, 0.29) is 19.3 Å². The van der Waals surface area contributed by atoms with Crippen LogP contribution in [0.25, 0.3) is 0 Å². The largest absolute Gasteiger partial charge is 0.472 e. The molecule has 24 nitrogen and oxygen atoms in total. The Hall–Kier alpha value is -2.56. The van der Waals surface area contributed by atoms with Crippen molar-refractivity contribution >= 4 is 25.7 Å². The smallest absolute Gasteiger partial charge is 0.463 e. The lowest BCUT2D eigenvalue weighted by Crippen LogP contribution is -2.69. The van der Waals surface area contributed by atoms with Crippen molar-refractivity contribution in [2.75, 3.05) is 26.4 Å².